The Labute approximate surface area is 155 Å². The van der Waals surface area contributed by atoms with Gasteiger partial charge in [-0.2, -0.15) is 0 Å². The first-order valence-electron chi connectivity index (χ1n) is 9.85. The van der Waals surface area contributed by atoms with Crippen molar-refractivity contribution in [2.45, 2.75) is 70.8 Å². The molecule has 1 aliphatic heterocycles. The first-order chi connectivity index (χ1) is 12.3. The third kappa shape index (κ3) is 6.18. The number of likely N-dealkylation sites (tertiary alicyclic amines) is 1. The predicted molar refractivity (Wildman–Crippen MR) is 98.7 cm³/mol. The van der Waals surface area contributed by atoms with Gasteiger partial charge in [0.05, 0.1) is 12.0 Å². The molecule has 0 spiro atoms. The maximum Gasteiger partial charge on any atom is 0.317 e. The largest absolute Gasteiger partial charge is 0.481 e. The number of urea groups is 1. The lowest BCUT2D eigenvalue weighted by Gasteiger charge is -2.34. The summed E-state index contributed by atoms with van der Waals surface area (Å²) in [6.07, 6.45) is 5.56. The quantitative estimate of drug-likeness (QED) is 0.643. The van der Waals surface area contributed by atoms with E-state index in [1.54, 1.807) is 4.90 Å². The number of hydrogen-bond acceptors (Lipinski definition) is 3. The van der Waals surface area contributed by atoms with Gasteiger partial charge in [0.15, 0.2) is 0 Å². The van der Waals surface area contributed by atoms with E-state index in [9.17, 15) is 14.4 Å². The van der Waals surface area contributed by atoms with Gasteiger partial charge in [-0.25, -0.2) is 4.79 Å². The number of carbonyl (C=O) groups is 3. The van der Waals surface area contributed by atoms with Crippen LogP contribution in [-0.2, 0) is 9.59 Å². The Morgan fingerprint density at radius 1 is 1.19 bits per heavy atom. The van der Waals surface area contributed by atoms with Crippen LogP contribution in [0.25, 0.3) is 0 Å². The zero-order valence-corrected chi connectivity index (χ0v) is 16.1. The molecule has 1 atom stereocenters. The van der Waals surface area contributed by atoms with Gasteiger partial charge in [0.1, 0.15) is 0 Å². The summed E-state index contributed by atoms with van der Waals surface area (Å²) in [4.78, 5) is 37.7. The lowest BCUT2D eigenvalue weighted by molar-refractivity contribution is -0.139. The van der Waals surface area contributed by atoms with Gasteiger partial charge in [-0.05, 0) is 37.5 Å². The van der Waals surface area contributed by atoms with Crippen molar-refractivity contribution in [2.75, 3.05) is 19.6 Å². The predicted octanol–water partition coefficient (Wildman–Crippen LogP) is 2.36. The van der Waals surface area contributed by atoms with E-state index in [2.05, 4.69) is 24.5 Å². The van der Waals surface area contributed by atoms with Crippen LogP contribution in [0.15, 0.2) is 0 Å². The number of carboxylic acid groups (broad SMARTS) is 1. The van der Waals surface area contributed by atoms with E-state index in [1.165, 1.54) is 0 Å². The Balaban J connectivity index is 1.84. The van der Waals surface area contributed by atoms with Crippen molar-refractivity contribution in [1.29, 1.82) is 0 Å². The van der Waals surface area contributed by atoms with E-state index in [0.29, 0.717) is 25.4 Å². The van der Waals surface area contributed by atoms with Crippen molar-refractivity contribution in [2.24, 2.45) is 11.8 Å². The fraction of sp³-hybridized carbons (Fsp3) is 0.842. The second-order valence-electron chi connectivity index (χ2n) is 8.34. The fourth-order valence-electron chi connectivity index (χ4n) is 4.12. The minimum atomic E-state index is -0.863. The molecule has 0 aromatic rings. The zero-order valence-electron chi connectivity index (χ0n) is 16.1. The van der Waals surface area contributed by atoms with Gasteiger partial charge in [0.25, 0.3) is 0 Å². The van der Waals surface area contributed by atoms with E-state index < -0.39 is 11.5 Å². The lowest BCUT2D eigenvalue weighted by atomic mass is 9.91. The number of piperidine rings is 1. The molecule has 2 fully saturated rings. The molecule has 0 radical (unpaired) electrons. The molecule has 0 aromatic carbocycles. The summed E-state index contributed by atoms with van der Waals surface area (Å²) in [5.41, 5.74) is -0.577. The molecule has 0 bridgehead atoms. The average molecular weight is 367 g/mol. The molecule has 1 saturated carbocycles. The van der Waals surface area contributed by atoms with Crippen molar-refractivity contribution in [1.82, 2.24) is 15.5 Å². The molecule has 148 valence electrons. The number of nitrogens with zero attached hydrogens (tertiary/aromatic N) is 1. The van der Waals surface area contributed by atoms with Crippen LogP contribution in [-0.4, -0.2) is 53.1 Å². The van der Waals surface area contributed by atoms with Gasteiger partial charge in [0, 0.05) is 26.1 Å². The Morgan fingerprint density at radius 2 is 1.88 bits per heavy atom. The van der Waals surface area contributed by atoms with Crippen molar-refractivity contribution >= 4 is 17.9 Å². The van der Waals surface area contributed by atoms with Gasteiger partial charge >= 0.3 is 12.0 Å². The molecule has 1 heterocycles. The molecular formula is C19H33N3O4. The topological polar surface area (TPSA) is 98.7 Å². The third-order valence-electron chi connectivity index (χ3n) is 5.40. The summed E-state index contributed by atoms with van der Waals surface area (Å²) in [5.74, 6) is -0.403. The summed E-state index contributed by atoms with van der Waals surface area (Å²) in [5, 5.41) is 15.1. The van der Waals surface area contributed by atoms with Gasteiger partial charge in [-0.1, -0.05) is 26.7 Å². The summed E-state index contributed by atoms with van der Waals surface area (Å²) in [6.45, 7) is 6.08. The standard InChI is InChI=1S/C19H33N3O4/c1-14(2)12-20-18(26)22-9-5-6-15(13-22)10-16(23)21-19(11-17(24)25)7-3-4-8-19/h14-15H,3-13H2,1-2H3,(H,20,26)(H,21,23)(H,24,25). The third-order valence-corrected chi connectivity index (χ3v) is 5.40. The zero-order chi connectivity index (χ0) is 19.2. The number of rotatable bonds is 7. The van der Waals surface area contributed by atoms with Crippen LogP contribution in [0, 0.1) is 11.8 Å². The maximum atomic E-state index is 12.5. The van der Waals surface area contributed by atoms with E-state index in [-0.39, 0.29) is 24.3 Å². The Kier molecular flexibility index (Phi) is 7.29. The van der Waals surface area contributed by atoms with Gasteiger partial charge < -0.3 is 20.6 Å². The van der Waals surface area contributed by atoms with Crippen LogP contribution < -0.4 is 10.6 Å². The molecule has 2 rings (SSSR count). The molecule has 0 aromatic heterocycles. The number of carboxylic acids is 1. The number of carbonyl (C=O) groups excluding carboxylic acids is 2. The van der Waals surface area contributed by atoms with Gasteiger partial charge in [-0.3, -0.25) is 9.59 Å². The second-order valence-corrected chi connectivity index (χ2v) is 8.34. The highest BCUT2D eigenvalue weighted by atomic mass is 16.4. The first-order valence-corrected chi connectivity index (χ1v) is 9.85. The number of nitrogens with one attached hydrogen (secondary N) is 2. The fourth-order valence-corrected chi connectivity index (χ4v) is 4.12. The number of hydrogen-bond donors (Lipinski definition) is 3. The Morgan fingerprint density at radius 3 is 2.50 bits per heavy atom. The van der Waals surface area contributed by atoms with E-state index in [4.69, 9.17) is 5.11 Å². The molecule has 1 unspecified atom stereocenters. The minimum absolute atomic E-state index is 0.00681. The van der Waals surface area contributed by atoms with Gasteiger partial charge in [0.2, 0.25) is 5.91 Å². The molecule has 3 amide bonds. The normalized spacial score (nSPS) is 22.3. The van der Waals surface area contributed by atoms with Crippen LogP contribution >= 0.6 is 0 Å². The molecule has 2 aliphatic rings. The molecule has 26 heavy (non-hydrogen) atoms. The van der Waals surface area contributed by atoms with Crippen LogP contribution in [0.2, 0.25) is 0 Å². The lowest BCUT2D eigenvalue weighted by Crippen LogP contribution is -2.50. The highest BCUT2D eigenvalue weighted by molar-refractivity contribution is 5.79. The number of aliphatic carboxylic acids is 1. The van der Waals surface area contributed by atoms with Crippen molar-refractivity contribution in [3.8, 4) is 0 Å². The molecule has 1 saturated heterocycles. The van der Waals surface area contributed by atoms with Crippen LogP contribution in [0.5, 0.6) is 0 Å². The minimum Gasteiger partial charge on any atom is -0.481 e. The SMILES string of the molecule is CC(C)CNC(=O)N1CCCC(CC(=O)NC2(CC(=O)O)CCCC2)C1. The summed E-state index contributed by atoms with van der Waals surface area (Å²) in [7, 11) is 0. The van der Waals surface area contributed by atoms with Crippen molar-refractivity contribution < 1.29 is 19.5 Å². The molecule has 7 nitrogen and oxygen atoms in total. The Hall–Kier alpha value is -1.79. The molecule has 1 aliphatic carbocycles. The van der Waals surface area contributed by atoms with Gasteiger partial charge in [-0.15, -0.1) is 0 Å². The summed E-state index contributed by atoms with van der Waals surface area (Å²) < 4.78 is 0. The van der Waals surface area contributed by atoms with Crippen LogP contribution in [0.4, 0.5) is 4.79 Å². The molecule has 3 N–H and O–H groups in total. The first kappa shape index (κ1) is 20.5. The monoisotopic (exact) mass is 367 g/mol. The van der Waals surface area contributed by atoms with E-state index >= 15 is 0 Å². The Bertz CT molecular complexity index is 515. The van der Waals surface area contributed by atoms with Crippen LogP contribution in [0.3, 0.4) is 0 Å². The number of amides is 3. The van der Waals surface area contributed by atoms with Crippen LogP contribution in [0.1, 0.15) is 65.2 Å². The second kappa shape index (κ2) is 9.24. The molecular weight excluding hydrogens is 334 g/mol. The van der Waals surface area contributed by atoms with E-state index in [0.717, 1.165) is 45.1 Å². The highest BCUT2D eigenvalue weighted by Crippen LogP contribution is 2.33. The highest BCUT2D eigenvalue weighted by Gasteiger charge is 2.38. The summed E-state index contributed by atoms with van der Waals surface area (Å²) >= 11 is 0. The summed E-state index contributed by atoms with van der Waals surface area (Å²) in [6, 6.07) is -0.0538. The average Bonchev–Trinajstić information content (AvgIpc) is 2.99. The van der Waals surface area contributed by atoms with Crippen molar-refractivity contribution in [3.05, 3.63) is 0 Å². The smallest absolute Gasteiger partial charge is 0.317 e. The van der Waals surface area contributed by atoms with E-state index in [1.807, 2.05) is 0 Å². The maximum absolute atomic E-state index is 12.5. The molecule has 7 heteroatoms. The van der Waals surface area contributed by atoms with Crippen molar-refractivity contribution in [3.63, 3.8) is 0 Å².